The van der Waals surface area contributed by atoms with E-state index in [4.69, 9.17) is 4.74 Å². The van der Waals surface area contributed by atoms with Crippen LogP contribution in [-0.2, 0) is 10.1 Å². The van der Waals surface area contributed by atoms with Crippen molar-refractivity contribution in [2.45, 2.75) is 0 Å². The van der Waals surface area contributed by atoms with Gasteiger partial charge in [-0.05, 0) is 12.1 Å². The zero-order chi connectivity index (χ0) is 11.5. The Hall–Kier alpha value is -1.56. The molecule has 82 valence electrons. The van der Waals surface area contributed by atoms with Crippen molar-refractivity contribution in [2.24, 2.45) is 0 Å². The molecule has 0 saturated carbocycles. The normalized spacial score (nSPS) is 10.8. The summed E-state index contributed by atoms with van der Waals surface area (Å²) in [4.78, 5) is 10.5. The van der Waals surface area contributed by atoms with E-state index in [1.165, 1.54) is 25.3 Å². The van der Waals surface area contributed by atoms with Crippen molar-refractivity contribution in [1.29, 1.82) is 0 Å². The quantitative estimate of drug-likeness (QED) is 0.566. The standard InChI is InChI=1S/C9H10O5S/c1-13-8-3-7(6-10)4-9(5-8)14-15(2,11)12/h3-6H,1-2H3. The fourth-order valence-electron chi connectivity index (χ4n) is 1.00. The van der Waals surface area contributed by atoms with Crippen LogP contribution >= 0.6 is 0 Å². The molecule has 1 rings (SSSR count). The van der Waals surface area contributed by atoms with Gasteiger partial charge in [0.25, 0.3) is 0 Å². The number of ether oxygens (including phenoxy) is 1. The van der Waals surface area contributed by atoms with Gasteiger partial charge < -0.3 is 8.92 Å². The first-order valence-electron chi connectivity index (χ1n) is 3.98. The van der Waals surface area contributed by atoms with Crippen LogP contribution in [0.4, 0.5) is 0 Å². The molecule has 15 heavy (non-hydrogen) atoms. The number of benzene rings is 1. The lowest BCUT2D eigenvalue weighted by atomic mass is 10.2. The Morgan fingerprint density at radius 2 is 1.80 bits per heavy atom. The van der Waals surface area contributed by atoms with Gasteiger partial charge in [0.2, 0.25) is 0 Å². The molecule has 0 aliphatic carbocycles. The van der Waals surface area contributed by atoms with Gasteiger partial charge in [0, 0.05) is 11.6 Å². The van der Waals surface area contributed by atoms with Gasteiger partial charge in [-0.15, -0.1) is 0 Å². The Morgan fingerprint density at radius 3 is 2.27 bits per heavy atom. The van der Waals surface area contributed by atoms with Crippen LogP contribution in [0.5, 0.6) is 11.5 Å². The van der Waals surface area contributed by atoms with E-state index in [1.807, 2.05) is 0 Å². The van der Waals surface area contributed by atoms with Crippen LogP contribution in [0.2, 0.25) is 0 Å². The third kappa shape index (κ3) is 3.59. The van der Waals surface area contributed by atoms with Gasteiger partial charge in [0.1, 0.15) is 17.8 Å². The van der Waals surface area contributed by atoms with Gasteiger partial charge in [0.15, 0.2) is 0 Å². The molecule has 0 saturated heterocycles. The van der Waals surface area contributed by atoms with E-state index < -0.39 is 10.1 Å². The van der Waals surface area contributed by atoms with Crippen molar-refractivity contribution >= 4 is 16.4 Å². The van der Waals surface area contributed by atoms with E-state index in [0.29, 0.717) is 12.0 Å². The molecule has 0 radical (unpaired) electrons. The second kappa shape index (κ2) is 4.31. The maximum absolute atomic E-state index is 10.8. The van der Waals surface area contributed by atoms with E-state index in [0.717, 1.165) is 6.26 Å². The smallest absolute Gasteiger partial charge is 0.306 e. The number of methoxy groups -OCH3 is 1. The fourth-order valence-corrected chi connectivity index (χ4v) is 1.45. The summed E-state index contributed by atoms with van der Waals surface area (Å²) in [5.41, 5.74) is 0.285. The van der Waals surface area contributed by atoms with Gasteiger partial charge in [-0.3, -0.25) is 4.79 Å². The van der Waals surface area contributed by atoms with Gasteiger partial charge in [-0.1, -0.05) is 0 Å². The minimum Gasteiger partial charge on any atom is -0.497 e. The Morgan fingerprint density at radius 1 is 1.20 bits per heavy atom. The summed E-state index contributed by atoms with van der Waals surface area (Å²) in [5.74, 6) is 0.414. The summed E-state index contributed by atoms with van der Waals surface area (Å²) < 4.78 is 31.2. The molecular formula is C9H10O5S. The summed E-state index contributed by atoms with van der Waals surface area (Å²) in [6, 6.07) is 4.17. The number of hydrogen-bond acceptors (Lipinski definition) is 5. The van der Waals surface area contributed by atoms with Crippen LogP contribution in [0.15, 0.2) is 18.2 Å². The SMILES string of the molecule is COc1cc(C=O)cc(OS(C)(=O)=O)c1. The number of aldehydes is 1. The molecular weight excluding hydrogens is 220 g/mol. The highest BCUT2D eigenvalue weighted by Gasteiger charge is 2.07. The zero-order valence-electron chi connectivity index (χ0n) is 8.26. The maximum atomic E-state index is 10.8. The number of hydrogen-bond donors (Lipinski definition) is 0. The van der Waals surface area contributed by atoms with Gasteiger partial charge >= 0.3 is 10.1 Å². The molecule has 0 aliphatic rings. The molecule has 6 heteroatoms. The molecule has 0 aromatic heterocycles. The Balaban J connectivity index is 3.12. The topological polar surface area (TPSA) is 69.7 Å². The zero-order valence-corrected chi connectivity index (χ0v) is 9.08. The van der Waals surface area contributed by atoms with E-state index in [-0.39, 0.29) is 11.3 Å². The minimum absolute atomic E-state index is 0.0546. The van der Waals surface area contributed by atoms with Crippen molar-refractivity contribution < 1.29 is 22.1 Å². The Kier molecular flexibility index (Phi) is 3.31. The molecule has 5 nitrogen and oxygen atoms in total. The molecule has 0 heterocycles. The van der Waals surface area contributed by atoms with E-state index in [2.05, 4.69) is 4.18 Å². The van der Waals surface area contributed by atoms with E-state index >= 15 is 0 Å². The third-order valence-corrected chi connectivity index (χ3v) is 2.02. The molecule has 0 fully saturated rings. The first-order chi connectivity index (χ1) is 6.94. The average molecular weight is 230 g/mol. The molecule has 0 bridgehead atoms. The van der Waals surface area contributed by atoms with Gasteiger partial charge in [-0.2, -0.15) is 8.42 Å². The highest BCUT2D eigenvalue weighted by Crippen LogP contribution is 2.22. The maximum Gasteiger partial charge on any atom is 0.306 e. The summed E-state index contributed by atoms with van der Waals surface area (Å²) in [6.07, 6.45) is 1.50. The summed E-state index contributed by atoms with van der Waals surface area (Å²) in [7, 11) is -2.19. The third-order valence-electron chi connectivity index (χ3n) is 1.52. The van der Waals surface area contributed by atoms with Crippen molar-refractivity contribution in [3.63, 3.8) is 0 Å². The summed E-state index contributed by atoms with van der Waals surface area (Å²) in [5, 5.41) is 0. The molecule has 0 unspecified atom stereocenters. The lowest BCUT2D eigenvalue weighted by Crippen LogP contribution is -2.06. The first kappa shape index (κ1) is 11.5. The fraction of sp³-hybridized carbons (Fsp3) is 0.222. The van der Waals surface area contributed by atoms with Crippen LogP contribution in [0.1, 0.15) is 10.4 Å². The van der Waals surface area contributed by atoms with E-state index in [1.54, 1.807) is 0 Å². The second-order valence-corrected chi connectivity index (χ2v) is 4.42. The molecule has 0 amide bonds. The Bertz CT molecular complexity index is 463. The molecule has 0 atom stereocenters. The molecule has 1 aromatic rings. The minimum atomic E-state index is -3.60. The van der Waals surface area contributed by atoms with Crippen LogP contribution in [0.3, 0.4) is 0 Å². The van der Waals surface area contributed by atoms with Crippen molar-refractivity contribution in [1.82, 2.24) is 0 Å². The largest absolute Gasteiger partial charge is 0.497 e. The number of carbonyl (C=O) groups is 1. The predicted molar refractivity (Wildman–Crippen MR) is 53.9 cm³/mol. The van der Waals surface area contributed by atoms with Gasteiger partial charge in [-0.25, -0.2) is 0 Å². The highest BCUT2D eigenvalue weighted by molar-refractivity contribution is 7.86. The first-order valence-corrected chi connectivity index (χ1v) is 5.80. The van der Waals surface area contributed by atoms with Crippen LogP contribution < -0.4 is 8.92 Å². The second-order valence-electron chi connectivity index (χ2n) is 2.85. The van der Waals surface area contributed by atoms with Crippen LogP contribution in [0.25, 0.3) is 0 Å². The van der Waals surface area contributed by atoms with Crippen molar-refractivity contribution in [3.8, 4) is 11.5 Å². The average Bonchev–Trinajstić information content (AvgIpc) is 2.14. The number of rotatable bonds is 4. The molecule has 0 N–H and O–H groups in total. The highest BCUT2D eigenvalue weighted by atomic mass is 32.2. The summed E-state index contributed by atoms with van der Waals surface area (Å²) in [6.45, 7) is 0. The van der Waals surface area contributed by atoms with Crippen LogP contribution in [0, 0.1) is 0 Å². The number of carbonyl (C=O) groups excluding carboxylic acids is 1. The van der Waals surface area contributed by atoms with Crippen LogP contribution in [-0.4, -0.2) is 28.1 Å². The predicted octanol–water partition coefficient (Wildman–Crippen LogP) is 0.846. The summed E-state index contributed by atoms with van der Waals surface area (Å²) >= 11 is 0. The lowest BCUT2D eigenvalue weighted by Gasteiger charge is -2.06. The monoisotopic (exact) mass is 230 g/mol. The Labute approximate surface area is 87.7 Å². The van der Waals surface area contributed by atoms with E-state index in [9.17, 15) is 13.2 Å². The van der Waals surface area contributed by atoms with Crippen molar-refractivity contribution in [3.05, 3.63) is 23.8 Å². The molecule has 1 aromatic carbocycles. The van der Waals surface area contributed by atoms with Crippen molar-refractivity contribution in [2.75, 3.05) is 13.4 Å². The molecule has 0 aliphatic heterocycles. The lowest BCUT2D eigenvalue weighted by molar-refractivity contribution is 0.112. The van der Waals surface area contributed by atoms with Gasteiger partial charge in [0.05, 0.1) is 13.4 Å². The molecule has 0 spiro atoms.